The Hall–Kier alpha value is -3.10. The van der Waals surface area contributed by atoms with Crippen molar-refractivity contribution in [1.82, 2.24) is 10.7 Å². The van der Waals surface area contributed by atoms with Crippen LogP contribution in [0, 0.1) is 6.92 Å². The molecule has 7 nitrogen and oxygen atoms in total. The number of aryl methyl sites for hydroxylation is 1. The number of carbonyl (C=O) groups is 2. The van der Waals surface area contributed by atoms with E-state index in [9.17, 15) is 9.59 Å². The van der Waals surface area contributed by atoms with Gasteiger partial charge in [-0.2, -0.15) is 5.10 Å². The molecule has 1 heterocycles. The first-order valence-corrected chi connectivity index (χ1v) is 10.4. The van der Waals surface area contributed by atoms with E-state index in [1.807, 2.05) is 31.2 Å². The van der Waals surface area contributed by atoms with E-state index in [0.717, 1.165) is 15.6 Å². The van der Waals surface area contributed by atoms with Crippen LogP contribution in [-0.4, -0.2) is 31.2 Å². The van der Waals surface area contributed by atoms with Crippen molar-refractivity contribution in [3.8, 4) is 17.1 Å². The fraction of sp³-hybridized carbons (Fsp3) is 0.136. The Kier molecular flexibility index (Phi) is 7.86. The van der Waals surface area contributed by atoms with Crippen LogP contribution in [0.15, 0.2) is 68.6 Å². The lowest BCUT2D eigenvalue weighted by atomic mass is 10.1. The summed E-state index contributed by atoms with van der Waals surface area (Å²) in [6, 6.07) is 16.3. The van der Waals surface area contributed by atoms with Crippen molar-refractivity contribution in [2.24, 2.45) is 5.10 Å². The molecule has 0 unspecified atom stereocenters. The van der Waals surface area contributed by atoms with Crippen LogP contribution in [0.2, 0.25) is 5.02 Å². The van der Waals surface area contributed by atoms with Crippen molar-refractivity contribution >= 4 is 45.6 Å². The Balaban J connectivity index is 1.43. The van der Waals surface area contributed by atoms with Gasteiger partial charge in [-0.05, 0) is 48.9 Å². The van der Waals surface area contributed by atoms with Crippen LogP contribution < -0.4 is 15.5 Å². The summed E-state index contributed by atoms with van der Waals surface area (Å²) in [6.07, 6.45) is 1.38. The molecule has 160 valence electrons. The zero-order valence-electron chi connectivity index (χ0n) is 16.5. The van der Waals surface area contributed by atoms with Gasteiger partial charge in [-0.1, -0.05) is 45.7 Å². The molecule has 0 fully saturated rings. The van der Waals surface area contributed by atoms with E-state index in [-0.39, 0.29) is 13.2 Å². The summed E-state index contributed by atoms with van der Waals surface area (Å²) in [5, 5.41) is 6.67. The molecule has 0 aliphatic rings. The van der Waals surface area contributed by atoms with Gasteiger partial charge in [-0.3, -0.25) is 9.59 Å². The van der Waals surface area contributed by atoms with Crippen LogP contribution in [-0.2, 0) is 9.59 Å². The largest absolute Gasteiger partial charge is 0.482 e. The number of nitrogens with zero attached hydrogens (tertiary/aromatic N) is 1. The first-order valence-electron chi connectivity index (χ1n) is 9.24. The number of carbonyl (C=O) groups excluding carboxylic acids is 2. The van der Waals surface area contributed by atoms with E-state index in [2.05, 4.69) is 31.8 Å². The van der Waals surface area contributed by atoms with E-state index in [1.54, 1.807) is 30.3 Å². The zero-order chi connectivity index (χ0) is 22.2. The minimum Gasteiger partial charge on any atom is -0.482 e. The standard InChI is InChI=1S/C22H19BrClN3O4/c1-14-6-8-16(17(23)10-14)19-9-7-15(31-19)11-26-27-21(28)12-25-22(29)13-30-20-5-3-2-4-18(20)24/h2-11H,12-13H2,1H3,(H,25,29)(H,27,28)/b26-11-. The second-order valence-electron chi connectivity index (χ2n) is 6.47. The van der Waals surface area contributed by atoms with E-state index >= 15 is 0 Å². The van der Waals surface area contributed by atoms with Gasteiger partial charge >= 0.3 is 0 Å². The highest BCUT2D eigenvalue weighted by atomic mass is 79.9. The maximum absolute atomic E-state index is 11.8. The number of nitrogens with one attached hydrogen (secondary N) is 2. The highest BCUT2D eigenvalue weighted by Gasteiger charge is 2.09. The van der Waals surface area contributed by atoms with E-state index < -0.39 is 11.8 Å². The Morgan fingerprint density at radius 2 is 1.97 bits per heavy atom. The third-order valence-electron chi connectivity index (χ3n) is 4.04. The Bertz CT molecular complexity index is 1110. The molecule has 0 saturated heterocycles. The normalized spacial score (nSPS) is 10.8. The number of hydrazone groups is 1. The van der Waals surface area contributed by atoms with E-state index in [1.165, 1.54) is 6.21 Å². The molecule has 2 amide bonds. The second kappa shape index (κ2) is 10.8. The van der Waals surface area contributed by atoms with Gasteiger partial charge in [0.15, 0.2) is 6.61 Å². The number of hydrogen-bond donors (Lipinski definition) is 2. The van der Waals surface area contributed by atoms with Crippen LogP contribution in [0.4, 0.5) is 0 Å². The van der Waals surface area contributed by atoms with E-state index in [4.69, 9.17) is 20.8 Å². The first kappa shape index (κ1) is 22.6. The average molecular weight is 505 g/mol. The van der Waals surface area contributed by atoms with Crippen LogP contribution in [0.25, 0.3) is 11.3 Å². The van der Waals surface area contributed by atoms with Crippen molar-refractivity contribution in [3.05, 3.63) is 75.4 Å². The first-order chi connectivity index (χ1) is 14.9. The number of furan rings is 1. The molecule has 2 N–H and O–H groups in total. The maximum Gasteiger partial charge on any atom is 0.259 e. The lowest BCUT2D eigenvalue weighted by Gasteiger charge is -2.08. The molecule has 31 heavy (non-hydrogen) atoms. The van der Waals surface area contributed by atoms with Crippen molar-refractivity contribution in [2.45, 2.75) is 6.92 Å². The number of hydrogen-bond acceptors (Lipinski definition) is 5. The molecular formula is C22H19BrClN3O4. The Morgan fingerprint density at radius 3 is 2.74 bits per heavy atom. The van der Waals surface area contributed by atoms with Gasteiger partial charge in [0.1, 0.15) is 17.3 Å². The average Bonchev–Trinajstić information content (AvgIpc) is 3.20. The van der Waals surface area contributed by atoms with Crippen LogP contribution in [0.5, 0.6) is 5.75 Å². The summed E-state index contributed by atoms with van der Waals surface area (Å²) in [4.78, 5) is 23.6. The Morgan fingerprint density at radius 1 is 1.16 bits per heavy atom. The molecule has 0 saturated carbocycles. The molecule has 0 spiro atoms. The topological polar surface area (TPSA) is 92.9 Å². The quantitative estimate of drug-likeness (QED) is 0.353. The third-order valence-corrected chi connectivity index (χ3v) is 5.01. The van der Waals surface area contributed by atoms with Gasteiger partial charge in [0, 0.05) is 10.0 Å². The second-order valence-corrected chi connectivity index (χ2v) is 7.74. The molecule has 0 aliphatic carbocycles. The summed E-state index contributed by atoms with van der Waals surface area (Å²) < 4.78 is 12.0. The smallest absolute Gasteiger partial charge is 0.259 e. The molecule has 0 atom stereocenters. The SMILES string of the molecule is Cc1ccc(-c2ccc(/C=N\NC(=O)CNC(=O)COc3ccccc3Cl)o2)c(Br)c1. The molecular weight excluding hydrogens is 486 g/mol. The third kappa shape index (κ3) is 6.70. The van der Waals surface area contributed by atoms with Crippen LogP contribution in [0.1, 0.15) is 11.3 Å². The van der Waals surface area contributed by atoms with Crippen molar-refractivity contribution in [1.29, 1.82) is 0 Å². The van der Waals surface area contributed by atoms with E-state index in [0.29, 0.717) is 22.3 Å². The zero-order valence-corrected chi connectivity index (χ0v) is 18.9. The fourth-order valence-corrected chi connectivity index (χ4v) is 3.41. The number of halogens is 2. The van der Waals surface area contributed by atoms with Gasteiger partial charge < -0.3 is 14.5 Å². The molecule has 3 rings (SSSR count). The van der Waals surface area contributed by atoms with Crippen molar-refractivity contribution in [3.63, 3.8) is 0 Å². The predicted octanol–water partition coefficient (Wildman–Crippen LogP) is 4.32. The number of ether oxygens (including phenoxy) is 1. The number of rotatable bonds is 8. The minimum absolute atomic E-state index is 0.248. The van der Waals surface area contributed by atoms with Crippen LogP contribution >= 0.6 is 27.5 Å². The van der Waals surface area contributed by atoms with Crippen LogP contribution in [0.3, 0.4) is 0 Å². The monoisotopic (exact) mass is 503 g/mol. The predicted molar refractivity (Wildman–Crippen MR) is 122 cm³/mol. The van der Waals surface area contributed by atoms with Gasteiger partial charge in [-0.25, -0.2) is 5.43 Å². The number of benzene rings is 2. The lowest BCUT2D eigenvalue weighted by molar-refractivity contribution is -0.127. The fourth-order valence-electron chi connectivity index (χ4n) is 2.53. The number of amides is 2. The molecule has 0 bridgehead atoms. The highest BCUT2D eigenvalue weighted by molar-refractivity contribution is 9.10. The van der Waals surface area contributed by atoms with Gasteiger partial charge in [0.2, 0.25) is 0 Å². The summed E-state index contributed by atoms with van der Waals surface area (Å²) in [7, 11) is 0. The Labute approximate surface area is 192 Å². The van der Waals surface area contributed by atoms with Gasteiger partial charge in [0.25, 0.3) is 11.8 Å². The summed E-state index contributed by atoms with van der Waals surface area (Å²) >= 11 is 9.47. The molecule has 3 aromatic rings. The lowest BCUT2D eigenvalue weighted by Crippen LogP contribution is -2.37. The highest BCUT2D eigenvalue weighted by Crippen LogP contribution is 2.30. The number of para-hydroxylation sites is 1. The summed E-state index contributed by atoms with van der Waals surface area (Å²) in [5.74, 6) is 0.586. The molecule has 0 radical (unpaired) electrons. The minimum atomic E-state index is -0.490. The van der Waals surface area contributed by atoms with Gasteiger partial charge in [-0.15, -0.1) is 0 Å². The van der Waals surface area contributed by atoms with Gasteiger partial charge in [0.05, 0.1) is 17.8 Å². The summed E-state index contributed by atoms with van der Waals surface area (Å²) in [5.41, 5.74) is 4.37. The molecule has 0 aliphatic heterocycles. The van der Waals surface area contributed by atoms with Crippen molar-refractivity contribution < 1.29 is 18.7 Å². The molecule has 9 heteroatoms. The summed E-state index contributed by atoms with van der Waals surface area (Å²) in [6.45, 7) is 1.50. The molecule has 1 aromatic heterocycles. The molecule has 2 aromatic carbocycles. The maximum atomic E-state index is 11.8. The van der Waals surface area contributed by atoms with Crippen molar-refractivity contribution in [2.75, 3.05) is 13.2 Å².